The molecule has 1 aromatic carbocycles. The van der Waals surface area contributed by atoms with Crippen LogP contribution in [0.3, 0.4) is 0 Å². The first-order chi connectivity index (χ1) is 12.8. The van der Waals surface area contributed by atoms with Gasteiger partial charge in [-0.15, -0.1) is 0 Å². The van der Waals surface area contributed by atoms with Crippen LogP contribution in [0.5, 0.6) is 0 Å². The van der Waals surface area contributed by atoms with E-state index in [0.717, 1.165) is 17.3 Å². The maximum absolute atomic E-state index is 13.3. The molecule has 0 radical (unpaired) electrons. The van der Waals surface area contributed by atoms with Crippen LogP contribution < -0.4 is 5.32 Å². The molecule has 0 unspecified atom stereocenters. The number of nitrogens with one attached hydrogen (secondary N) is 1. The number of amides is 1. The molecular weight excluding hydrogens is 359 g/mol. The summed E-state index contributed by atoms with van der Waals surface area (Å²) in [4.78, 5) is 12.1. The fourth-order valence-corrected chi connectivity index (χ4v) is 2.61. The lowest BCUT2D eigenvalue weighted by atomic mass is 10.2. The Morgan fingerprint density at radius 3 is 2.56 bits per heavy atom. The topological polar surface area (TPSA) is 56.2 Å². The monoisotopic (exact) mass is 383 g/mol. The first-order valence-corrected chi connectivity index (χ1v) is 8.85. The molecule has 5 nitrogen and oxygen atoms in total. The average Bonchev–Trinajstić information content (AvgIpc) is 3.07. The Hall–Kier alpha value is -2.35. The Bertz CT molecular complexity index is 728. The molecule has 2 aromatic rings. The van der Waals surface area contributed by atoms with Crippen molar-refractivity contribution in [3.8, 4) is 0 Å². The molecule has 27 heavy (non-hydrogen) atoms. The second-order valence-corrected chi connectivity index (χ2v) is 6.40. The van der Waals surface area contributed by atoms with E-state index >= 15 is 0 Å². The van der Waals surface area contributed by atoms with Gasteiger partial charge in [0.15, 0.2) is 5.69 Å². The molecule has 0 spiro atoms. The number of carbonyl (C=O) groups is 1. The van der Waals surface area contributed by atoms with Crippen LogP contribution in [0.25, 0.3) is 0 Å². The van der Waals surface area contributed by atoms with Crippen LogP contribution in [0.2, 0.25) is 0 Å². The van der Waals surface area contributed by atoms with Gasteiger partial charge in [-0.05, 0) is 32.3 Å². The van der Waals surface area contributed by atoms with Crippen LogP contribution in [0, 0.1) is 0 Å². The average molecular weight is 383 g/mol. The first kappa shape index (κ1) is 21.0. The number of benzene rings is 1. The number of nitrogens with zero attached hydrogens (tertiary/aromatic N) is 2. The minimum Gasteiger partial charge on any atom is -0.381 e. The molecule has 1 amide bonds. The first-order valence-electron chi connectivity index (χ1n) is 8.85. The molecule has 1 aromatic heterocycles. The number of rotatable bonds is 9. The van der Waals surface area contributed by atoms with E-state index < -0.39 is 29.4 Å². The van der Waals surface area contributed by atoms with Crippen molar-refractivity contribution in [3.63, 3.8) is 0 Å². The third kappa shape index (κ3) is 6.09. The quantitative estimate of drug-likeness (QED) is 0.669. The summed E-state index contributed by atoms with van der Waals surface area (Å²) in [6.45, 7) is 4.36. The van der Waals surface area contributed by atoms with E-state index in [9.17, 15) is 18.0 Å². The number of alkyl halides is 3. The maximum atomic E-state index is 13.3. The number of hydrogen-bond donors (Lipinski definition) is 1. The van der Waals surface area contributed by atoms with Gasteiger partial charge in [-0.3, -0.25) is 9.48 Å². The van der Waals surface area contributed by atoms with Gasteiger partial charge in [-0.2, -0.15) is 18.3 Å². The van der Waals surface area contributed by atoms with Gasteiger partial charge < -0.3 is 10.1 Å². The van der Waals surface area contributed by atoms with Gasteiger partial charge in [0.25, 0.3) is 5.91 Å². The van der Waals surface area contributed by atoms with Crippen LogP contribution in [0.15, 0.2) is 36.5 Å². The summed E-state index contributed by atoms with van der Waals surface area (Å²) in [7, 11) is 0. The lowest BCUT2D eigenvalue weighted by molar-refractivity contribution is -0.145. The van der Waals surface area contributed by atoms with E-state index in [1.54, 1.807) is 13.8 Å². The molecule has 0 aliphatic rings. The molecule has 0 saturated carbocycles. The molecule has 2 rings (SSSR count). The third-order valence-corrected chi connectivity index (χ3v) is 3.93. The number of hydrogen-bond acceptors (Lipinski definition) is 3. The number of aromatic nitrogens is 2. The number of carbonyl (C=O) groups excluding carboxylic acids is 1. The molecule has 0 saturated heterocycles. The fourth-order valence-electron chi connectivity index (χ4n) is 2.61. The highest BCUT2D eigenvalue weighted by Crippen LogP contribution is 2.33. The van der Waals surface area contributed by atoms with Gasteiger partial charge in [-0.1, -0.05) is 30.3 Å². The van der Waals surface area contributed by atoms with E-state index in [-0.39, 0.29) is 6.54 Å². The molecular formula is C19H24F3N3O2. The Labute approximate surface area is 156 Å². The third-order valence-electron chi connectivity index (χ3n) is 3.93. The van der Waals surface area contributed by atoms with Crippen molar-refractivity contribution in [2.24, 2.45) is 0 Å². The molecule has 1 N–H and O–H groups in total. The van der Waals surface area contributed by atoms with E-state index in [2.05, 4.69) is 10.4 Å². The summed E-state index contributed by atoms with van der Waals surface area (Å²) in [6, 6.07) is 9.39. The van der Waals surface area contributed by atoms with E-state index in [1.807, 2.05) is 30.3 Å². The van der Waals surface area contributed by atoms with Gasteiger partial charge in [-0.25, -0.2) is 0 Å². The van der Waals surface area contributed by atoms with Crippen LogP contribution in [-0.4, -0.2) is 35.4 Å². The summed E-state index contributed by atoms with van der Waals surface area (Å²) >= 11 is 0. The van der Waals surface area contributed by atoms with E-state index in [4.69, 9.17) is 4.74 Å². The zero-order chi connectivity index (χ0) is 19.9. The van der Waals surface area contributed by atoms with Gasteiger partial charge in [0.05, 0.1) is 18.4 Å². The zero-order valence-corrected chi connectivity index (χ0v) is 15.4. The summed E-state index contributed by atoms with van der Waals surface area (Å²) in [6.07, 6.45) is -2.38. The second-order valence-electron chi connectivity index (χ2n) is 6.40. The highest BCUT2D eigenvalue weighted by atomic mass is 19.4. The van der Waals surface area contributed by atoms with Gasteiger partial charge in [0.2, 0.25) is 0 Å². The van der Waals surface area contributed by atoms with Crippen molar-refractivity contribution in [1.29, 1.82) is 0 Å². The molecule has 8 heteroatoms. The van der Waals surface area contributed by atoms with E-state index in [1.165, 1.54) is 5.56 Å². The number of ether oxygens (including phenoxy) is 1. The summed E-state index contributed by atoms with van der Waals surface area (Å²) in [5, 5.41) is 6.21. The molecule has 0 aliphatic carbocycles. The maximum Gasteiger partial charge on any atom is 0.433 e. The van der Waals surface area contributed by atoms with Crippen LogP contribution in [-0.2, 0) is 17.3 Å². The minimum atomic E-state index is -4.64. The standard InChI is InChI=1S/C19H24F3N3O2/c1-14(2)25-17(19(20,21)22)16(13-24-25)18(26)23-10-6-11-27-12-9-15-7-4-3-5-8-15/h3-5,7-8,13-14H,6,9-12H2,1-2H3,(H,23,26). The van der Waals surface area contributed by atoms with Crippen molar-refractivity contribution in [2.45, 2.75) is 38.9 Å². The van der Waals surface area contributed by atoms with Crippen LogP contribution in [0.4, 0.5) is 13.2 Å². The lowest BCUT2D eigenvalue weighted by Crippen LogP contribution is -2.28. The van der Waals surface area contributed by atoms with Crippen LogP contribution >= 0.6 is 0 Å². The smallest absolute Gasteiger partial charge is 0.381 e. The highest BCUT2D eigenvalue weighted by Gasteiger charge is 2.40. The van der Waals surface area contributed by atoms with Gasteiger partial charge in [0, 0.05) is 19.2 Å². The van der Waals surface area contributed by atoms with Gasteiger partial charge >= 0.3 is 6.18 Å². The van der Waals surface area contributed by atoms with Crippen molar-refractivity contribution in [3.05, 3.63) is 53.3 Å². The molecule has 0 aliphatic heterocycles. The van der Waals surface area contributed by atoms with Crippen molar-refractivity contribution >= 4 is 5.91 Å². The number of halogens is 3. The largest absolute Gasteiger partial charge is 0.433 e. The zero-order valence-electron chi connectivity index (χ0n) is 15.4. The summed E-state index contributed by atoms with van der Waals surface area (Å²) in [5.41, 5.74) is -0.303. The molecule has 1 heterocycles. The molecule has 148 valence electrons. The van der Waals surface area contributed by atoms with Crippen molar-refractivity contribution < 1.29 is 22.7 Å². The molecule has 0 fully saturated rings. The predicted octanol–water partition coefficient (Wildman–Crippen LogP) is 3.86. The predicted molar refractivity (Wildman–Crippen MR) is 95.5 cm³/mol. The van der Waals surface area contributed by atoms with Gasteiger partial charge in [0.1, 0.15) is 0 Å². The minimum absolute atomic E-state index is 0.230. The summed E-state index contributed by atoms with van der Waals surface area (Å²) in [5.74, 6) is -0.779. The van der Waals surface area contributed by atoms with Crippen molar-refractivity contribution in [2.75, 3.05) is 19.8 Å². The molecule has 0 atom stereocenters. The normalized spacial score (nSPS) is 11.8. The Balaban J connectivity index is 1.76. The van der Waals surface area contributed by atoms with E-state index in [0.29, 0.717) is 19.6 Å². The SMILES string of the molecule is CC(C)n1ncc(C(=O)NCCCOCCc2ccccc2)c1C(F)(F)F. The van der Waals surface area contributed by atoms with Crippen molar-refractivity contribution in [1.82, 2.24) is 15.1 Å². The fraction of sp³-hybridized carbons (Fsp3) is 0.474. The Morgan fingerprint density at radius 1 is 1.22 bits per heavy atom. The Kier molecular flexibility index (Phi) is 7.41. The Morgan fingerprint density at radius 2 is 1.93 bits per heavy atom. The lowest BCUT2D eigenvalue weighted by Gasteiger charge is -2.15. The second kappa shape index (κ2) is 9.55. The molecule has 0 bridgehead atoms. The summed E-state index contributed by atoms with van der Waals surface area (Å²) < 4.78 is 46.1. The van der Waals surface area contributed by atoms with Crippen LogP contribution in [0.1, 0.15) is 47.9 Å². The highest BCUT2D eigenvalue weighted by molar-refractivity contribution is 5.95.